The molecule has 1 heterocycles. The third-order valence-electron chi connectivity index (χ3n) is 3.85. The summed E-state index contributed by atoms with van der Waals surface area (Å²) in [7, 11) is -3.44. The summed E-state index contributed by atoms with van der Waals surface area (Å²) >= 11 is 0. The van der Waals surface area contributed by atoms with Crippen LogP contribution in [-0.4, -0.2) is 50.2 Å². The van der Waals surface area contributed by atoms with Gasteiger partial charge in [-0.1, -0.05) is 13.3 Å². The van der Waals surface area contributed by atoms with E-state index in [-0.39, 0.29) is 24.8 Å². The van der Waals surface area contributed by atoms with Gasteiger partial charge in [-0.25, -0.2) is 8.42 Å². The van der Waals surface area contributed by atoms with E-state index in [1.807, 2.05) is 0 Å². The van der Waals surface area contributed by atoms with Crippen LogP contribution in [0, 0.1) is 5.92 Å². The molecule has 118 valence electrons. The Bertz CT molecular complexity index is 411. The number of sulfonamides is 1. The van der Waals surface area contributed by atoms with Crippen molar-refractivity contribution < 1.29 is 17.9 Å². The van der Waals surface area contributed by atoms with Crippen molar-refractivity contribution in [3.8, 4) is 0 Å². The molecule has 1 fully saturated rings. The minimum absolute atomic E-state index is 0.0961. The standard InChI is InChI=1S/C13H26N2O4S/c1-3-11-5-7-15(12(9-11)10-14)20(17,18)8-6-13(16)19-4-2/h11-12H,3-10,14H2,1-2H3. The maximum atomic E-state index is 12.3. The minimum Gasteiger partial charge on any atom is -0.466 e. The highest BCUT2D eigenvalue weighted by Crippen LogP contribution is 2.27. The Balaban J connectivity index is 2.63. The Morgan fingerprint density at radius 3 is 2.65 bits per heavy atom. The molecule has 0 saturated carbocycles. The van der Waals surface area contributed by atoms with Crippen LogP contribution in [0.15, 0.2) is 0 Å². The maximum absolute atomic E-state index is 12.3. The van der Waals surface area contributed by atoms with Gasteiger partial charge in [-0.15, -0.1) is 0 Å². The van der Waals surface area contributed by atoms with Crippen LogP contribution in [0.1, 0.15) is 39.5 Å². The third-order valence-corrected chi connectivity index (χ3v) is 5.76. The highest BCUT2D eigenvalue weighted by molar-refractivity contribution is 7.89. The molecule has 2 atom stereocenters. The van der Waals surface area contributed by atoms with Crippen LogP contribution >= 0.6 is 0 Å². The zero-order chi connectivity index (χ0) is 15.2. The van der Waals surface area contributed by atoms with Crippen molar-refractivity contribution in [2.45, 2.75) is 45.6 Å². The van der Waals surface area contributed by atoms with E-state index in [4.69, 9.17) is 10.5 Å². The largest absolute Gasteiger partial charge is 0.466 e. The Kier molecular flexibility index (Phi) is 6.91. The molecule has 1 saturated heterocycles. The molecule has 2 N–H and O–H groups in total. The second kappa shape index (κ2) is 7.95. The summed E-state index contributed by atoms with van der Waals surface area (Å²) in [6.07, 6.45) is 2.63. The van der Waals surface area contributed by atoms with Crippen LogP contribution < -0.4 is 5.73 Å². The number of hydrogen-bond acceptors (Lipinski definition) is 5. The van der Waals surface area contributed by atoms with Gasteiger partial charge in [0.2, 0.25) is 10.0 Å². The topological polar surface area (TPSA) is 89.7 Å². The lowest BCUT2D eigenvalue weighted by molar-refractivity contribution is -0.142. The van der Waals surface area contributed by atoms with Crippen LogP contribution in [0.4, 0.5) is 0 Å². The van der Waals surface area contributed by atoms with E-state index in [0.717, 1.165) is 19.3 Å². The zero-order valence-corrected chi connectivity index (χ0v) is 13.2. The van der Waals surface area contributed by atoms with Crippen LogP contribution in [0.3, 0.4) is 0 Å². The molecule has 0 aliphatic carbocycles. The molecule has 2 unspecified atom stereocenters. The average molecular weight is 306 g/mol. The van der Waals surface area contributed by atoms with E-state index in [0.29, 0.717) is 19.0 Å². The average Bonchev–Trinajstić information content (AvgIpc) is 2.44. The van der Waals surface area contributed by atoms with Crippen molar-refractivity contribution in [1.29, 1.82) is 0 Å². The smallest absolute Gasteiger partial charge is 0.306 e. The van der Waals surface area contributed by atoms with Gasteiger partial charge in [0.15, 0.2) is 0 Å². The predicted molar refractivity (Wildman–Crippen MR) is 77.6 cm³/mol. The molecule has 0 bridgehead atoms. The molecule has 0 aromatic rings. The number of esters is 1. The van der Waals surface area contributed by atoms with Crippen molar-refractivity contribution in [3.63, 3.8) is 0 Å². The van der Waals surface area contributed by atoms with E-state index < -0.39 is 16.0 Å². The first-order valence-electron chi connectivity index (χ1n) is 7.29. The molecule has 1 rings (SSSR count). The second-order valence-electron chi connectivity index (χ2n) is 5.17. The highest BCUT2D eigenvalue weighted by atomic mass is 32.2. The monoisotopic (exact) mass is 306 g/mol. The quantitative estimate of drug-likeness (QED) is 0.700. The summed E-state index contributed by atoms with van der Waals surface area (Å²) < 4.78 is 30.9. The summed E-state index contributed by atoms with van der Waals surface area (Å²) in [5, 5.41) is 0. The Morgan fingerprint density at radius 2 is 2.10 bits per heavy atom. The first-order chi connectivity index (χ1) is 9.44. The first-order valence-corrected chi connectivity index (χ1v) is 8.90. The number of carbonyl (C=O) groups excluding carboxylic acids is 1. The number of hydrogen-bond donors (Lipinski definition) is 1. The molecule has 0 radical (unpaired) electrons. The fraction of sp³-hybridized carbons (Fsp3) is 0.923. The van der Waals surface area contributed by atoms with Gasteiger partial charge in [-0.05, 0) is 25.7 Å². The van der Waals surface area contributed by atoms with Crippen molar-refractivity contribution >= 4 is 16.0 Å². The molecule has 1 aliphatic rings. The summed E-state index contributed by atoms with van der Waals surface area (Å²) in [6.45, 7) is 4.92. The maximum Gasteiger partial charge on any atom is 0.306 e. The van der Waals surface area contributed by atoms with E-state index in [1.54, 1.807) is 6.92 Å². The Morgan fingerprint density at radius 1 is 1.40 bits per heavy atom. The van der Waals surface area contributed by atoms with E-state index in [9.17, 15) is 13.2 Å². The molecular formula is C13H26N2O4S. The SMILES string of the molecule is CCOC(=O)CCS(=O)(=O)N1CCC(CC)CC1CN. The lowest BCUT2D eigenvalue weighted by atomic mass is 9.90. The number of nitrogens with two attached hydrogens (primary N) is 1. The zero-order valence-electron chi connectivity index (χ0n) is 12.4. The number of ether oxygens (including phenoxy) is 1. The number of piperidine rings is 1. The molecule has 0 aromatic carbocycles. The van der Waals surface area contributed by atoms with Crippen molar-refractivity contribution in [2.75, 3.05) is 25.4 Å². The van der Waals surface area contributed by atoms with Gasteiger partial charge in [-0.2, -0.15) is 4.31 Å². The van der Waals surface area contributed by atoms with E-state index in [1.165, 1.54) is 4.31 Å². The lowest BCUT2D eigenvalue weighted by Gasteiger charge is -2.37. The van der Waals surface area contributed by atoms with Gasteiger partial charge < -0.3 is 10.5 Å². The van der Waals surface area contributed by atoms with Gasteiger partial charge in [0.25, 0.3) is 0 Å². The van der Waals surface area contributed by atoms with Crippen molar-refractivity contribution in [2.24, 2.45) is 11.7 Å². The third kappa shape index (κ3) is 4.71. The normalized spacial score (nSPS) is 24.6. The minimum atomic E-state index is -3.44. The van der Waals surface area contributed by atoms with Crippen molar-refractivity contribution in [1.82, 2.24) is 4.31 Å². The molecular weight excluding hydrogens is 280 g/mol. The van der Waals surface area contributed by atoms with Crippen molar-refractivity contribution in [3.05, 3.63) is 0 Å². The molecule has 20 heavy (non-hydrogen) atoms. The fourth-order valence-corrected chi connectivity index (χ4v) is 4.30. The van der Waals surface area contributed by atoms with Gasteiger partial charge in [0.1, 0.15) is 0 Å². The van der Waals surface area contributed by atoms with Crippen LogP contribution in [0.25, 0.3) is 0 Å². The summed E-state index contributed by atoms with van der Waals surface area (Å²) in [4.78, 5) is 11.3. The van der Waals surface area contributed by atoms with Crippen LogP contribution in [0.2, 0.25) is 0 Å². The van der Waals surface area contributed by atoms with Gasteiger partial charge >= 0.3 is 5.97 Å². The van der Waals surface area contributed by atoms with E-state index >= 15 is 0 Å². The van der Waals surface area contributed by atoms with Crippen LogP contribution in [-0.2, 0) is 19.6 Å². The predicted octanol–water partition coefficient (Wildman–Crippen LogP) is 0.719. The number of carbonyl (C=O) groups is 1. The molecule has 0 aromatic heterocycles. The van der Waals surface area contributed by atoms with Gasteiger partial charge in [-0.3, -0.25) is 4.79 Å². The highest BCUT2D eigenvalue weighted by Gasteiger charge is 2.34. The number of nitrogens with zero attached hydrogens (tertiary/aromatic N) is 1. The number of rotatable bonds is 7. The Labute approximate surface area is 121 Å². The molecule has 6 nitrogen and oxygen atoms in total. The summed E-state index contributed by atoms with van der Waals surface area (Å²) in [5.41, 5.74) is 5.71. The Hall–Kier alpha value is -0.660. The molecule has 0 spiro atoms. The second-order valence-corrected chi connectivity index (χ2v) is 7.21. The van der Waals surface area contributed by atoms with Gasteiger partial charge in [0.05, 0.1) is 18.8 Å². The summed E-state index contributed by atoms with van der Waals surface area (Å²) in [5.74, 6) is -0.122. The molecule has 7 heteroatoms. The fourth-order valence-electron chi connectivity index (χ4n) is 2.63. The molecule has 1 aliphatic heterocycles. The molecule has 0 amide bonds. The van der Waals surface area contributed by atoms with E-state index in [2.05, 4.69) is 6.92 Å². The van der Waals surface area contributed by atoms with Crippen LogP contribution in [0.5, 0.6) is 0 Å². The summed E-state index contributed by atoms with van der Waals surface area (Å²) in [6, 6.07) is -0.138. The first kappa shape index (κ1) is 17.4. The van der Waals surface area contributed by atoms with Gasteiger partial charge in [0, 0.05) is 19.1 Å². The lowest BCUT2D eigenvalue weighted by Crippen LogP contribution is -2.50.